The van der Waals surface area contributed by atoms with Gasteiger partial charge in [-0.25, -0.2) is 9.78 Å². The summed E-state index contributed by atoms with van der Waals surface area (Å²) in [5.74, 6) is 1.10. The van der Waals surface area contributed by atoms with Crippen molar-refractivity contribution in [3.8, 4) is 5.88 Å². The lowest BCUT2D eigenvalue weighted by molar-refractivity contribution is 0.142. The van der Waals surface area contributed by atoms with Gasteiger partial charge in [-0.1, -0.05) is 38.2 Å². The molecule has 4 heteroatoms. The van der Waals surface area contributed by atoms with Gasteiger partial charge in [-0.3, -0.25) is 0 Å². The van der Waals surface area contributed by atoms with Gasteiger partial charge >= 0.3 is 6.16 Å². The molecule has 1 heterocycles. The van der Waals surface area contributed by atoms with Gasteiger partial charge in [0.05, 0.1) is 0 Å². The van der Waals surface area contributed by atoms with Crippen molar-refractivity contribution in [2.45, 2.75) is 44.9 Å². The summed E-state index contributed by atoms with van der Waals surface area (Å²) in [6.45, 7) is 0. The Hall–Kier alpha value is -1.58. The lowest BCUT2D eigenvalue weighted by atomic mass is 9.99. The van der Waals surface area contributed by atoms with Crippen LogP contribution in [0, 0.1) is 5.92 Å². The van der Waals surface area contributed by atoms with E-state index in [-0.39, 0.29) is 5.88 Å². The number of aryl methyl sites for hydroxylation is 1. The average Bonchev–Trinajstić information content (AvgIpc) is 2.84. The van der Waals surface area contributed by atoms with Crippen molar-refractivity contribution in [3.05, 3.63) is 23.9 Å². The first-order valence-corrected chi connectivity index (χ1v) is 6.60. The summed E-state index contributed by atoms with van der Waals surface area (Å²) in [5, 5.41) is 8.63. The molecule has 98 valence electrons. The summed E-state index contributed by atoms with van der Waals surface area (Å²) >= 11 is 0. The number of pyridine rings is 1. The molecule has 2 rings (SSSR count). The van der Waals surface area contributed by atoms with Crippen molar-refractivity contribution in [1.29, 1.82) is 0 Å². The zero-order chi connectivity index (χ0) is 12.8. The molecular formula is C14H19NO3. The van der Waals surface area contributed by atoms with Crippen LogP contribution in [-0.4, -0.2) is 16.2 Å². The molecule has 0 bridgehead atoms. The number of aromatic nitrogens is 1. The lowest BCUT2D eigenvalue weighted by Gasteiger charge is -2.09. The largest absolute Gasteiger partial charge is 0.512 e. The number of ether oxygens (including phenoxy) is 1. The summed E-state index contributed by atoms with van der Waals surface area (Å²) in [7, 11) is 0. The van der Waals surface area contributed by atoms with Gasteiger partial charge in [-0.2, -0.15) is 0 Å². The molecule has 0 aromatic carbocycles. The monoisotopic (exact) mass is 249 g/mol. The van der Waals surface area contributed by atoms with Crippen LogP contribution in [0.5, 0.6) is 5.88 Å². The Morgan fingerprint density at radius 2 is 2.22 bits per heavy atom. The summed E-state index contributed by atoms with van der Waals surface area (Å²) in [6, 6.07) is 3.71. The highest BCUT2D eigenvalue weighted by molar-refractivity contribution is 5.60. The normalized spacial score (nSPS) is 15.8. The average molecular weight is 249 g/mol. The van der Waals surface area contributed by atoms with Gasteiger partial charge in [0.25, 0.3) is 0 Å². The van der Waals surface area contributed by atoms with Crippen molar-refractivity contribution in [2.24, 2.45) is 5.92 Å². The Morgan fingerprint density at radius 1 is 1.44 bits per heavy atom. The van der Waals surface area contributed by atoms with Crippen LogP contribution in [0.4, 0.5) is 4.79 Å². The van der Waals surface area contributed by atoms with E-state index >= 15 is 0 Å². The fourth-order valence-electron chi connectivity index (χ4n) is 2.67. The molecule has 0 atom stereocenters. The molecular weight excluding hydrogens is 230 g/mol. The maximum absolute atomic E-state index is 10.5. The molecule has 1 aliphatic rings. The van der Waals surface area contributed by atoms with Gasteiger partial charge in [0.15, 0.2) is 0 Å². The van der Waals surface area contributed by atoms with Crippen LogP contribution >= 0.6 is 0 Å². The van der Waals surface area contributed by atoms with Crippen molar-refractivity contribution < 1.29 is 14.6 Å². The topological polar surface area (TPSA) is 59.4 Å². The van der Waals surface area contributed by atoms with Crippen molar-refractivity contribution >= 4 is 6.16 Å². The molecule has 0 spiro atoms. The van der Waals surface area contributed by atoms with Crippen LogP contribution in [0.1, 0.15) is 44.1 Å². The highest BCUT2D eigenvalue weighted by Gasteiger charge is 2.15. The second-order valence-corrected chi connectivity index (χ2v) is 4.88. The number of rotatable bonds is 5. The minimum Gasteiger partial charge on any atom is -0.449 e. The van der Waals surface area contributed by atoms with Gasteiger partial charge in [-0.15, -0.1) is 0 Å². The summed E-state index contributed by atoms with van der Waals surface area (Å²) in [5.41, 5.74) is 0.887. The van der Waals surface area contributed by atoms with E-state index < -0.39 is 6.16 Å². The molecule has 0 amide bonds. The zero-order valence-corrected chi connectivity index (χ0v) is 10.5. The minimum absolute atomic E-state index is 0.233. The lowest BCUT2D eigenvalue weighted by Crippen LogP contribution is -2.07. The molecule has 1 aromatic heterocycles. The van der Waals surface area contributed by atoms with E-state index in [1.165, 1.54) is 32.1 Å². The molecule has 0 saturated heterocycles. The van der Waals surface area contributed by atoms with Crippen LogP contribution in [0.25, 0.3) is 0 Å². The highest BCUT2D eigenvalue weighted by atomic mass is 16.7. The fourth-order valence-corrected chi connectivity index (χ4v) is 2.67. The summed E-state index contributed by atoms with van der Waals surface area (Å²) < 4.78 is 4.67. The van der Waals surface area contributed by atoms with Gasteiger partial charge < -0.3 is 9.84 Å². The molecule has 1 aromatic rings. The van der Waals surface area contributed by atoms with Crippen molar-refractivity contribution in [3.63, 3.8) is 0 Å². The van der Waals surface area contributed by atoms with E-state index in [1.54, 1.807) is 6.20 Å². The van der Waals surface area contributed by atoms with Gasteiger partial charge in [0.1, 0.15) is 0 Å². The second-order valence-electron chi connectivity index (χ2n) is 4.88. The molecule has 18 heavy (non-hydrogen) atoms. The van der Waals surface area contributed by atoms with E-state index in [0.29, 0.717) is 0 Å². The first-order chi connectivity index (χ1) is 8.75. The Labute approximate surface area is 107 Å². The Bertz CT molecular complexity index is 400. The van der Waals surface area contributed by atoms with Crippen LogP contribution in [0.3, 0.4) is 0 Å². The molecule has 1 aliphatic carbocycles. The van der Waals surface area contributed by atoms with Crippen LogP contribution < -0.4 is 4.74 Å². The minimum atomic E-state index is -1.30. The van der Waals surface area contributed by atoms with Crippen molar-refractivity contribution in [2.75, 3.05) is 0 Å². The highest BCUT2D eigenvalue weighted by Crippen LogP contribution is 2.29. The number of carboxylic acid groups (broad SMARTS) is 1. The predicted molar refractivity (Wildman–Crippen MR) is 67.8 cm³/mol. The van der Waals surface area contributed by atoms with Gasteiger partial charge in [0.2, 0.25) is 5.88 Å². The molecule has 0 aliphatic heterocycles. The molecule has 1 fully saturated rings. The molecule has 0 radical (unpaired) electrons. The quantitative estimate of drug-likeness (QED) is 0.809. The standard InChI is InChI=1S/C14H19NO3/c16-14(17)18-13-12(9-4-10-15-13)8-3-7-11-5-1-2-6-11/h4,9-11H,1-3,5-8H2,(H,16,17). The summed E-state index contributed by atoms with van der Waals surface area (Å²) in [4.78, 5) is 14.5. The Balaban J connectivity index is 1.85. The first kappa shape index (κ1) is 12.9. The number of carbonyl (C=O) groups is 1. The molecule has 1 saturated carbocycles. The zero-order valence-electron chi connectivity index (χ0n) is 10.5. The first-order valence-electron chi connectivity index (χ1n) is 6.60. The third-order valence-corrected chi connectivity index (χ3v) is 3.57. The van der Waals surface area contributed by atoms with E-state index in [4.69, 9.17) is 5.11 Å². The van der Waals surface area contributed by atoms with Crippen molar-refractivity contribution in [1.82, 2.24) is 4.98 Å². The smallest absolute Gasteiger partial charge is 0.449 e. The van der Waals surface area contributed by atoms with Crippen LogP contribution in [0.2, 0.25) is 0 Å². The molecule has 1 N–H and O–H groups in total. The van der Waals surface area contributed by atoms with E-state index in [9.17, 15) is 4.79 Å². The Morgan fingerprint density at radius 3 is 2.94 bits per heavy atom. The molecule has 0 unspecified atom stereocenters. The van der Waals surface area contributed by atoms with E-state index in [0.717, 1.165) is 24.3 Å². The predicted octanol–water partition coefficient (Wildman–Crippen LogP) is 3.65. The fraction of sp³-hybridized carbons (Fsp3) is 0.571. The third kappa shape index (κ3) is 3.72. The number of hydrogen-bond acceptors (Lipinski definition) is 3. The van der Waals surface area contributed by atoms with Crippen LogP contribution in [-0.2, 0) is 6.42 Å². The molecule has 4 nitrogen and oxygen atoms in total. The van der Waals surface area contributed by atoms with Gasteiger partial charge in [-0.05, 0) is 24.8 Å². The second kappa shape index (κ2) is 6.38. The third-order valence-electron chi connectivity index (χ3n) is 3.57. The maximum atomic E-state index is 10.5. The SMILES string of the molecule is O=C(O)Oc1ncccc1CCCC1CCCC1. The Kier molecular flexibility index (Phi) is 4.56. The maximum Gasteiger partial charge on any atom is 0.512 e. The number of nitrogens with zero attached hydrogens (tertiary/aromatic N) is 1. The van der Waals surface area contributed by atoms with E-state index in [2.05, 4.69) is 9.72 Å². The van der Waals surface area contributed by atoms with E-state index in [1.807, 2.05) is 12.1 Å². The number of hydrogen-bond donors (Lipinski definition) is 1. The van der Waals surface area contributed by atoms with Gasteiger partial charge in [0, 0.05) is 11.8 Å². The van der Waals surface area contributed by atoms with Crippen LogP contribution in [0.15, 0.2) is 18.3 Å². The summed E-state index contributed by atoms with van der Waals surface area (Å²) in [6.07, 6.45) is 8.83.